The van der Waals surface area contributed by atoms with Crippen LogP contribution in [0.2, 0.25) is 15.1 Å². The summed E-state index contributed by atoms with van der Waals surface area (Å²) in [7, 11) is -1.95. The van der Waals surface area contributed by atoms with Gasteiger partial charge in [0.1, 0.15) is 23.2 Å². The highest BCUT2D eigenvalue weighted by atomic mass is 35.5. The summed E-state index contributed by atoms with van der Waals surface area (Å²) >= 11 is 18.7. The topological polar surface area (TPSA) is 37.3 Å². The average Bonchev–Trinajstić information content (AvgIpc) is 2.78. The molecular weight excluding hydrogens is 482 g/mol. The molecule has 0 aromatic heterocycles. The van der Waals surface area contributed by atoms with E-state index in [1.54, 1.807) is 0 Å². The first-order valence-electron chi connectivity index (χ1n) is 10.8. The van der Waals surface area contributed by atoms with Gasteiger partial charge in [0.25, 0.3) is 0 Å². The third-order valence-corrected chi connectivity index (χ3v) is 11.0. The maximum Gasteiger partial charge on any atom is 0.303 e. The highest BCUT2D eigenvalue weighted by Crippen LogP contribution is 2.56. The van der Waals surface area contributed by atoms with Crippen LogP contribution in [0.5, 0.6) is 0 Å². The average molecular weight is 509 g/mol. The first-order valence-corrected chi connectivity index (χ1v) is 13.9. The van der Waals surface area contributed by atoms with Crippen LogP contribution < -0.4 is 15.9 Å². The molecule has 6 heteroatoms. The number of carbonyl (C=O) groups is 1. The summed E-state index contributed by atoms with van der Waals surface area (Å²) in [5.74, 6) is -0.719. The van der Waals surface area contributed by atoms with E-state index < -0.39 is 13.2 Å². The predicted molar refractivity (Wildman–Crippen MR) is 140 cm³/mol. The molecule has 0 radical (unpaired) electrons. The number of carboxylic acids is 1. The number of carboxylic acid groups (broad SMARTS) is 1. The van der Waals surface area contributed by atoms with Crippen molar-refractivity contribution in [2.24, 2.45) is 0 Å². The normalized spacial score (nSPS) is 11.5. The van der Waals surface area contributed by atoms with Crippen molar-refractivity contribution >= 4 is 63.9 Å². The lowest BCUT2D eigenvalue weighted by Crippen LogP contribution is -2.33. The van der Waals surface area contributed by atoms with Crippen molar-refractivity contribution in [2.45, 2.75) is 38.5 Å². The Kier molecular flexibility index (Phi) is 9.44. The van der Waals surface area contributed by atoms with E-state index in [4.69, 9.17) is 39.9 Å². The van der Waals surface area contributed by atoms with Crippen molar-refractivity contribution in [2.75, 3.05) is 6.16 Å². The summed E-state index contributed by atoms with van der Waals surface area (Å²) < 4.78 is 0. The first kappa shape index (κ1) is 25.1. The monoisotopic (exact) mass is 507 g/mol. The zero-order valence-corrected chi connectivity index (χ0v) is 21.0. The van der Waals surface area contributed by atoms with Crippen LogP contribution >= 0.6 is 42.1 Å². The number of hydrogen-bond donors (Lipinski definition) is 1. The highest BCUT2D eigenvalue weighted by Gasteiger charge is 2.44. The molecule has 3 aromatic carbocycles. The summed E-state index contributed by atoms with van der Waals surface area (Å²) in [6.45, 7) is 0. The molecule has 3 aromatic rings. The van der Waals surface area contributed by atoms with Gasteiger partial charge in [0, 0.05) is 21.5 Å². The summed E-state index contributed by atoms with van der Waals surface area (Å²) in [5, 5.41) is 14.8. The fourth-order valence-corrected chi connectivity index (χ4v) is 8.80. The van der Waals surface area contributed by atoms with Gasteiger partial charge in [-0.2, -0.15) is 0 Å². The van der Waals surface area contributed by atoms with E-state index >= 15 is 0 Å². The van der Waals surface area contributed by atoms with Gasteiger partial charge in [0.2, 0.25) is 0 Å². The van der Waals surface area contributed by atoms with Gasteiger partial charge >= 0.3 is 5.97 Å². The lowest BCUT2D eigenvalue weighted by Gasteiger charge is -2.28. The number of rotatable bonds is 11. The minimum atomic E-state index is -1.95. The number of halogens is 3. The SMILES string of the molecule is O=C(O)CCCCCCC[P+](c1ccc(Cl)cc1)(c1ccc(Cl)cc1)c1ccc(Cl)cc1. The first-order chi connectivity index (χ1) is 15.4. The number of hydrogen-bond acceptors (Lipinski definition) is 1. The second-order valence-corrected chi connectivity index (χ2v) is 12.8. The largest absolute Gasteiger partial charge is 0.481 e. The maximum absolute atomic E-state index is 10.7. The number of unbranched alkanes of at least 4 members (excludes halogenated alkanes) is 4. The number of aliphatic carboxylic acids is 1. The van der Waals surface area contributed by atoms with Gasteiger partial charge in [-0.05, 0) is 92.1 Å². The van der Waals surface area contributed by atoms with Crippen LogP contribution in [0.15, 0.2) is 72.8 Å². The van der Waals surface area contributed by atoms with Crippen LogP contribution in [-0.2, 0) is 4.79 Å². The van der Waals surface area contributed by atoms with Crippen LogP contribution in [0.4, 0.5) is 0 Å². The minimum absolute atomic E-state index is 0.247. The molecule has 0 aliphatic rings. The molecule has 0 heterocycles. The molecule has 0 amide bonds. The zero-order chi connectivity index (χ0) is 23.0. The van der Waals surface area contributed by atoms with Gasteiger partial charge in [-0.15, -0.1) is 0 Å². The Morgan fingerprint density at radius 3 is 1.31 bits per heavy atom. The Hall–Kier alpha value is -1.57. The molecule has 3 rings (SSSR count). The van der Waals surface area contributed by atoms with Gasteiger partial charge in [-0.25, -0.2) is 0 Å². The van der Waals surface area contributed by atoms with Crippen LogP contribution in [0.3, 0.4) is 0 Å². The zero-order valence-electron chi connectivity index (χ0n) is 17.8. The maximum atomic E-state index is 10.7. The predicted octanol–water partition coefficient (Wildman–Crippen LogP) is 7.37. The summed E-state index contributed by atoms with van der Waals surface area (Å²) in [5.41, 5.74) is 0. The highest BCUT2D eigenvalue weighted by molar-refractivity contribution is 7.95. The Morgan fingerprint density at radius 1 is 0.594 bits per heavy atom. The molecule has 0 fully saturated rings. The van der Waals surface area contributed by atoms with Crippen molar-refractivity contribution in [1.29, 1.82) is 0 Å². The molecule has 2 nitrogen and oxygen atoms in total. The molecule has 0 aliphatic carbocycles. The van der Waals surface area contributed by atoms with Crippen LogP contribution in [-0.4, -0.2) is 17.2 Å². The molecule has 168 valence electrons. The van der Waals surface area contributed by atoms with E-state index in [-0.39, 0.29) is 6.42 Å². The fourth-order valence-electron chi connectivity index (χ4n) is 4.08. The summed E-state index contributed by atoms with van der Waals surface area (Å²) in [4.78, 5) is 10.7. The van der Waals surface area contributed by atoms with E-state index in [0.717, 1.165) is 53.3 Å². The second-order valence-electron chi connectivity index (χ2n) is 7.87. The summed E-state index contributed by atoms with van der Waals surface area (Å²) in [6.07, 6.45) is 6.09. The van der Waals surface area contributed by atoms with Crippen molar-refractivity contribution < 1.29 is 9.90 Å². The number of benzene rings is 3. The fraction of sp³-hybridized carbons (Fsp3) is 0.269. The van der Waals surface area contributed by atoms with Gasteiger partial charge < -0.3 is 5.11 Å². The van der Waals surface area contributed by atoms with E-state index in [1.165, 1.54) is 15.9 Å². The van der Waals surface area contributed by atoms with Gasteiger partial charge in [-0.3, -0.25) is 4.79 Å². The Bertz CT molecular complexity index is 892. The van der Waals surface area contributed by atoms with Gasteiger partial charge in [0.15, 0.2) is 0 Å². The molecule has 1 N–H and O–H groups in total. The van der Waals surface area contributed by atoms with Crippen LogP contribution in [0.25, 0.3) is 0 Å². The van der Waals surface area contributed by atoms with Crippen molar-refractivity contribution in [1.82, 2.24) is 0 Å². The molecule has 0 spiro atoms. The van der Waals surface area contributed by atoms with E-state index in [2.05, 4.69) is 36.4 Å². The lowest BCUT2D eigenvalue weighted by molar-refractivity contribution is -0.137. The molecule has 0 saturated carbocycles. The molecule has 32 heavy (non-hydrogen) atoms. The molecule has 0 atom stereocenters. The second kappa shape index (κ2) is 12.1. The Balaban J connectivity index is 1.95. The molecule has 0 unspecified atom stereocenters. The van der Waals surface area contributed by atoms with Crippen LogP contribution in [0, 0.1) is 0 Å². The van der Waals surface area contributed by atoms with Crippen molar-refractivity contribution in [3.8, 4) is 0 Å². The molecule has 0 bridgehead atoms. The summed E-state index contributed by atoms with van der Waals surface area (Å²) in [6, 6.07) is 24.6. The third kappa shape index (κ3) is 6.49. The third-order valence-electron chi connectivity index (χ3n) is 5.69. The Labute approximate surface area is 205 Å². The van der Waals surface area contributed by atoms with Crippen LogP contribution in [0.1, 0.15) is 38.5 Å². The molecular formula is C26H27Cl3O2P+. The van der Waals surface area contributed by atoms with Gasteiger partial charge in [-0.1, -0.05) is 47.6 Å². The van der Waals surface area contributed by atoms with Crippen molar-refractivity contribution in [3.05, 3.63) is 87.9 Å². The van der Waals surface area contributed by atoms with E-state index in [0.29, 0.717) is 0 Å². The lowest BCUT2D eigenvalue weighted by atomic mass is 10.1. The quantitative estimate of drug-likeness (QED) is 0.217. The minimum Gasteiger partial charge on any atom is -0.481 e. The molecule has 0 saturated heterocycles. The van der Waals surface area contributed by atoms with E-state index in [1.807, 2.05) is 36.4 Å². The Morgan fingerprint density at radius 2 is 0.938 bits per heavy atom. The van der Waals surface area contributed by atoms with Gasteiger partial charge in [0.05, 0.1) is 6.16 Å². The van der Waals surface area contributed by atoms with E-state index in [9.17, 15) is 4.79 Å². The van der Waals surface area contributed by atoms with Crippen molar-refractivity contribution in [3.63, 3.8) is 0 Å². The standard InChI is InChI=1S/C26H26Cl3O2P/c27-20-7-13-23(14-8-20)32(24-15-9-21(28)10-16-24,25-17-11-22(29)12-18-25)19-5-3-1-2-4-6-26(30)31/h7-18H,1-6,19H2/p+1. The molecule has 0 aliphatic heterocycles. The smallest absolute Gasteiger partial charge is 0.303 e.